The molecule has 6 nitrogen and oxygen atoms in total. The average Bonchev–Trinajstić information content (AvgIpc) is 2.53. The third-order valence-corrected chi connectivity index (χ3v) is 3.44. The second kappa shape index (κ2) is 5.88. The normalized spacial score (nSPS) is 17.0. The van der Waals surface area contributed by atoms with Gasteiger partial charge in [-0.2, -0.15) is 5.10 Å². The van der Waals surface area contributed by atoms with Gasteiger partial charge in [0.25, 0.3) is 11.5 Å². The Morgan fingerprint density at radius 3 is 2.86 bits per heavy atom. The van der Waals surface area contributed by atoms with E-state index >= 15 is 0 Å². The lowest BCUT2D eigenvalue weighted by atomic mass is 9.99. The molecular formula is C15H15N3O3. The molecule has 1 atom stereocenters. The first-order valence-electron chi connectivity index (χ1n) is 6.75. The van der Waals surface area contributed by atoms with Crippen LogP contribution in [0, 0.1) is 0 Å². The smallest absolute Gasteiger partial charge is 0.271 e. The van der Waals surface area contributed by atoms with Crippen molar-refractivity contribution in [2.24, 2.45) is 0 Å². The summed E-state index contributed by atoms with van der Waals surface area (Å²) in [6, 6.07) is 10.8. The third-order valence-electron chi connectivity index (χ3n) is 3.44. The SMILES string of the molecule is O=C(NC[C@@H]1Cc2ccccc2CO1)c1ccc(=O)[nH]n1. The highest BCUT2D eigenvalue weighted by atomic mass is 16.5. The lowest BCUT2D eigenvalue weighted by Gasteiger charge is -2.25. The van der Waals surface area contributed by atoms with Crippen molar-refractivity contribution in [3.8, 4) is 0 Å². The zero-order chi connectivity index (χ0) is 14.7. The number of hydrogen-bond donors (Lipinski definition) is 2. The predicted octanol–water partition coefficient (Wildman–Crippen LogP) is 0.641. The summed E-state index contributed by atoms with van der Waals surface area (Å²) in [5.74, 6) is -0.325. The number of ether oxygens (including phenoxy) is 1. The van der Waals surface area contributed by atoms with Crippen LogP contribution in [0.3, 0.4) is 0 Å². The molecule has 108 valence electrons. The number of fused-ring (bicyclic) bond motifs is 1. The minimum Gasteiger partial charge on any atom is -0.371 e. The summed E-state index contributed by atoms with van der Waals surface area (Å²) < 4.78 is 5.72. The molecule has 3 rings (SSSR count). The van der Waals surface area contributed by atoms with E-state index in [1.54, 1.807) is 0 Å². The van der Waals surface area contributed by atoms with Gasteiger partial charge in [0.15, 0.2) is 0 Å². The van der Waals surface area contributed by atoms with E-state index in [1.807, 2.05) is 18.2 Å². The van der Waals surface area contributed by atoms with Gasteiger partial charge in [-0.05, 0) is 17.2 Å². The molecule has 0 unspecified atom stereocenters. The van der Waals surface area contributed by atoms with Crippen molar-refractivity contribution in [2.45, 2.75) is 19.1 Å². The van der Waals surface area contributed by atoms with Gasteiger partial charge in [0, 0.05) is 19.0 Å². The minimum absolute atomic E-state index is 0.0494. The highest BCUT2D eigenvalue weighted by Gasteiger charge is 2.19. The number of hydrogen-bond acceptors (Lipinski definition) is 4. The van der Waals surface area contributed by atoms with E-state index in [1.165, 1.54) is 23.3 Å². The molecule has 2 aromatic rings. The second-order valence-corrected chi connectivity index (χ2v) is 4.92. The van der Waals surface area contributed by atoms with E-state index in [0.717, 1.165) is 6.42 Å². The minimum atomic E-state index is -0.334. The highest BCUT2D eigenvalue weighted by Crippen LogP contribution is 2.19. The van der Waals surface area contributed by atoms with Crippen LogP contribution in [0.2, 0.25) is 0 Å². The van der Waals surface area contributed by atoms with Crippen LogP contribution in [0.15, 0.2) is 41.2 Å². The maximum Gasteiger partial charge on any atom is 0.271 e. The number of nitrogens with zero attached hydrogens (tertiary/aromatic N) is 1. The number of nitrogens with one attached hydrogen (secondary N) is 2. The number of aromatic nitrogens is 2. The molecule has 0 saturated heterocycles. The summed E-state index contributed by atoms with van der Waals surface area (Å²) in [4.78, 5) is 22.8. The maximum atomic E-state index is 11.9. The third kappa shape index (κ3) is 3.17. The zero-order valence-electron chi connectivity index (χ0n) is 11.3. The van der Waals surface area contributed by atoms with Crippen LogP contribution in [0.1, 0.15) is 21.6 Å². The van der Waals surface area contributed by atoms with Gasteiger partial charge in [0.05, 0.1) is 12.7 Å². The zero-order valence-corrected chi connectivity index (χ0v) is 11.3. The van der Waals surface area contributed by atoms with E-state index in [9.17, 15) is 9.59 Å². The van der Waals surface area contributed by atoms with Gasteiger partial charge in [0.2, 0.25) is 0 Å². The molecule has 0 aliphatic carbocycles. The molecule has 0 bridgehead atoms. The van der Waals surface area contributed by atoms with Crippen LogP contribution in [0.4, 0.5) is 0 Å². The number of amides is 1. The van der Waals surface area contributed by atoms with Crippen LogP contribution < -0.4 is 10.9 Å². The standard InChI is InChI=1S/C15H15N3O3/c19-14-6-5-13(17-18-14)15(20)16-8-12-7-10-3-1-2-4-11(10)9-21-12/h1-6,12H,7-9H2,(H,16,20)(H,18,19)/t12-/m0/s1. The first-order valence-corrected chi connectivity index (χ1v) is 6.75. The quantitative estimate of drug-likeness (QED) is 0.867. The van der Waals surface area contributed by atoms with Crippen molar-refractivity contribution in [1.29, 1.82) is 0 Å². The van der Waals surface area contributed by atoms with Crippen molar-refractivity contribution in [1.82, 2.24) is 15.5 Å². The molecule has 1 aromatic heterocycles. The largest absolute Gasteiger partial charge is 0.371 e. The first kappa shape index (κ1) is 13.5. The Bertz CT molecular complexity index is 691. The molecule has 1 aliphatic rings. The summed E-state index contributed by atoms with van der Waals surface area (Å²) in [7, 11) is 0. The van der Waals surface area contributed by atoms with Crippen molar-refractivity contribution < 1.29 is 9.53 Å². The molecule has 1 aliphatic heterocycles. The number of benzene rings is 1. The number of carbonyl (C=O) groups is 1. The second-order valence-electron chi connectivity index (χ2n) is 4.92. The summed E-state index contributed by atoms with van der Waals surface area (Å²) in [6.45, 7) is 0.974. The molecule has 1 aromatic carbocycles. The van der Waals surface area contributed by atoms with Gasteiger partial charge in [0.1, 0.15) is 5.69 Å². The molecule has 1 amide bonds. The van der Waals surface area contributed by atoms with E-state index in [2.05, 4.69) is 21.6 Å². The Hall–Kier alpha value is -2.47. The fourth-order valence-corrected chi connectivity index (χ4v) is 2.31. The number of H-pyrrole nitrogens is 1. The molecule has 0 saturated carbocycles. The molecular weight excluding hydrogens is 270 g/mol. The van der Waals surface area contributed by atoms with Gasteiger partial charge in [-0.1, -0.05) is 24.3 Å². The predicted molar refractivity (Wildman–Crippen MR) is 75.9 cm³/mol. The lowest BCUT2D eigenvalue weighted by molar-refractivity contribution is 0.0284. The fraction of sp³-hybridized carbons (Fsp3) is 0.267. The van der Waals surface area contributed by atoms with E-state index in [-0.39, 0.29) is 23.3 Å². The van der Waals surface area contributed by atoms with Crippen LogP contribution in [0.25, 0.3) is 0 Å². The highest BCUT2D eigenvalue weighted by molar-refractivity contribution is 5.91. The molecule has 2 N–H and O–H groups in total. The monoisotopic (exact) mass is 285 g/mol. The van der Waals surface area contributed by atoms with E-state index in [0.29, 0.717) is 13.2 Å². The molecule has 21 heavy (non-hydrogen) atoms. The van der Waals surface area contributed by atoms with Crippen molar-refractivity contribution in [3.63, 3.8) is 0 Å². The summed E-state index contributed by atoms with van der Waals surface area (Å²) in [6.07, 6.45) is 0.724. The van der Waals surface area contributed by atoms with Gasteiger partial charge >= 0.3 is 0 Å². The lowest BCUT2D eigenvalue weighted by Crippen LogP contribution is -2.37. The van der Waals surface area contributed by atoms with Crippen molar-refractivity contribution in [2.75, 3.05) is 6.54 Å². The summed E-state index contributed by atoms with van der Waals surface area (Å²) in [5, 5.41) is 8.69. The van der Waals surface area contributed by atoms with E-state index in [4.69, 9.17) is 4.74 Å². The topological polar surface area (TPSA) is 84.1 Å². The van der Waals surface area contributed by atoms with Crippen LogP contribution in [-0.4, -0.2) is 28.8 Å². The number of aromatic amines is 1. The average molecular weight is 285 g/mol. The van der Waals surface area contributed by atoms with E-state index < -0.39 is 0 Å². The molecule has 0 spiro atoms. The van der Waals surface area contributed by atoms with Gasteiger partial charge in [-0.25, -0.2) is 5.10 Å². The molecule has 0 radical (unpaired) electrons. The number of rotatable bonds is 3. The first-order chi connectivity index (χ1) is 10.2. The maximum absolute atomic E-state index is 11.9. The van der Waals surface area contributed by atoms with Gasteiger partial charge in [-0.3, -0.25) is 9.59 Å². The summed E-state index contributed by atoms with van der Waals surface area (Å²) in [5.41, 5.74) is 2.30. The number of carbonyl (C=O) groups excluding carboxylic acids is 1. The fourth-order valence-electron chi connectivity index (χ4n) is 2.31. The Labute approximate surface area is 121 Å². The Morgan fingerprint density at radius 2 is 2.10 bits per heavy atom. The molecule has 0 fully saturated rings. The molecule has 2 heterocycles. The molecule has 6 heteroatoms. The Kier molecular flexibility index (Phi) is 3.79. The van der Waals surface area contributed by atoms with Crippen LogP contribution >= 0.6 is 0 Å². The van der Waals surface area contributed by atoms with Crippen molar-refractivity contribution in [3.05, 3.63) is 63.6 Å². The summed E-state index contributed by atoms with van der Waals surface area (Å²) >= 11 is 0. The van der Waals surface area contributed by atoms with Crippen LogP contribution in [0.5, 0.6) is 0 Å². The van der Waals surface area contributed by atoms with Gasteiger partial charge < -0.3 is 10.1 Å². The Morgan fingerprint density at radius 1 is 1.29 bits per heavy atom. The van der Waals surface area contributed by atoms with Crippen molar-refractivity contribution >= 4 is 5.91 Å². The Balaban J connectivity index is 1.58. The van der Waals surface area contributed by atoms with Crippen LogP contribution in [-0.2, 0) is 17.8 Å². The van der Waals surface area contributed by atoms with Gasteiger partial charge in [-0.15, -0.1) is 0 Å².